The fraction of sp³-hybridized carbons (Fsp3) is 0.0800. The first-order valence-electron chi connectivity index (χ1n) is 10.3. The summed E-state index contributed by atoms with van der Waals surface area (Å²) in [6, 6.07) is 21.8. The normalized spacial score (nSPS) is 11.2. The molecule has 4 rings (SSSR count). The highest BCUT2D eigenvalue weighted by Crippen LogP contribution is 2.33. The molecular weight excluding hydrogens is 483 g/mol. The van der Waals surface area contributed by atoms with Crippen molar-refractivity contribution in [2.75, 3.05) is 11.9 Å². The molecule has 0 unspecified atom stereocenters. The molecule has 35 heavy (non-hydrogen) atoms. The third-order valence-corrected chi connectivity index (χ3v) is 5.19. The number of anilines is 1. The molecule has 0 bridgehead atoms. The Hall–Kier alpha value is -4.11. The van der Waals surface area contributed by atoms with E-state index in [1.165, 1.54) is 12.1 Å². The zero-order chi connectivity index (χ0) is 25.0. The number of para-hydroxylation sites is 1. The summed E-state index contributed by atoms with van der Waals surface area (Å²) in [5.41, 5.74) is 0.337. The molecule has 10 heteroatoms. The molecule has 1 N–H and O–H groups in total. The van der Waals surface area contributed by atoms with Gasteiger partial charge in [-0.3, -0.25) is 9.59 Å². The van der Waals surface area contributed by atoms with Crippen LogP contribution in [-0.2, 0) is 11.0 Å². The van der Waals surface area contributed by atoms with Crippen LogP contribution in [0.1, 0.15) is 21.6 Å². The SMILES string of the molecule is O=C(COc1cc(C(F)(F)F)nn1-c1ccccc1Cl)Nc1ccc(C(=O)c2ccccc2)cc1. The van der Waals surface area contributed by atoms with Crippen LogP contribution in [0.15, 0.2) is 84.9 Å². The number of halogens is 4. The van der Waals surface area contributed by atoms with Crippen LogP contribution in [0.25, 0.3) is 5.69 Å². The van der Waals surface area contributed by atoms with Gasteiger partial charge in [0.2, 0.25) is 5.88 Å². The molecule has 0 saturated heterocycles. The number of aromatic nitrogens is 2. The van der Waals surface area contributed by atoms with Gasteiger partial charge in [-0.15, -0.1) is 0 Å². The van der Waals surface area contributed by atoms with E-state index in [9.17, 15) is 22.8 Å². The van der Waals surface area contributed by atoms with E-state index in [1.54, 1.807) is 60.7 Å². The third-order valence-electron chi connectivity index (χ3n) is 4.87. The summed E-state index contributed by atoms with van der Waals surface area (Å²) in [5, 5.41) is 6.27. The molecule has 1 heterocycles. The summed E-state index contributed by atoms with van der Waals surface area (Å²) >= 11 is 6.10. The topological polar surface area (TPSA) is 73.2 Å². The van der Waals surface area contributed by atoms with Crippen LogP contribution in [0, 0.1) is 0 Å². The van der Waals surface area contributed by atoms with E-state index in [-0.39, 0.29) is 22.4 Å². The lowest BCUT2D eigenvalue weighted by Gasteiger charge is -2.11. The highest BCUT2D eigenvalue weighted by atomic mass is 35.5. The largest absolute Gasteiger partial charge is 0.467 e. The zero-order valence-corrected chi connectivity index (χ0v) is 18.7. The summed E-state index contributed by atoms with van der Waals surface area (Å²) in [7, 11) is 0. The van der Waals surface area contributed by atoms with Crippen molar-refractivity contribution in [2.24, 2.45) is 0 Å². The summed E-state index contributed by atoms with van der Waals surface area (Å²) in [6.07, 6.45) is -4.72. The zero-order valence-electron chi connectivity index (χ0n) is 17.9. The first-order valence-corrected chi connectivity index (χ1v) is 10.6. The maximum atomic E-state index is 13.2. The predicted octanol–water partition coefficient (Wildman–Crippen LogP) is 5.79. The van der Waals surface area contributed by atoms with E-state index in [4.69, 9.17) is 16.3 Å². The van der Waals surface area contributed by atoms with Crippen LogP contribution in [0.3, 0.4) is 0 Å². The Morgan fingerprint density at radius 1 is 0.914 bits per heavy atom. The van der Waals surface area contributed by atoms with E-state index in [0.717, 1.165) is 4.68 Å². The van der Waals surface area contributed by atoms with Crippen molar-refractivity contribution in [1.82, 2.24) is 9.78 Å². The molecule has 0 aliphatic heterocycles. The van der Waals surface area contributed by atoms with Crippen molar-refractivity contribution < 1.29 is 27.5 Å². The Morgan fingerprint density at radius 2 is 1.54 bits per heavy atom. The van der Waals surface area contributed by atoms with E-state index >= 15 is 0 Å². The van der Waals surface area contributed by atoms with Crippen molar-refractivity contribution in [2.45, 2.75) is 6.18 Å². The quantitative estimate of drug-likeness (QED) is 0.326. The van der Waals surface area contributed by atoms with Crippen LogP contribution < -0.4 is 10.1 Å². The van der Waals surface area contributed by atoms with E-state index in [0.29, 0.717) is 22.9 Å². The number of nitrogens with zero attached hydrogens (tertiary/aromatic N) is 2. The van der Waals surface area contributed by atoms with Gasteiger partial charge in [0.15, 0.2) is 18.1 Å². The number of hydrogen-bond acceptors (Lipinski definition) is 4. The first-order chi connectivity index (χ1) is 16.7. The lowest BCUT2D eigenvalue weighted by Crippen LogP contribution is -2.21. The van der Waals surface area contributed by atoms with E-state index < -0.39 is 24.4 Å². The summed E-state index contributed by atoms with van der Waals surface area (Å²) in [4.78, 5) is 24.8. The molecule has 1 aromatic heterocycles. The Balaban J connectivity index is 1.45. The second-order valence-electron chi connectivity index (χ2n) is 7.34. The standard InChI is InChI=1S/C25H17ClF3N3O3/c26-19-8-4-5-9-20(19)32-23(14-21(31-32)25(27,28)29)35-15-22(33)30-18-12-10-17(11-13-18)24(34)16-6-2-1-3-7-16/h1-14H,15H2,(H,30,33). The molecular formula is C25H17ClF3N3O3. The Labute approximate surface area is 202 Å². The monoisotopic (exact) mass is 499 g/mol. The van der Waals surface area contributed by atoms with Gasteiger partial charge in [-0.05, 0) is 36.4 Å². The van der Waals surface area contributed by atoms with Crippen LogP contribution in [-0.4, -0.2) is 28.1 Å². The van der Waals surface area contributed by atoms with Crippen molar-refractivity contribution in [3.05, 3.63) is 107 Å². The Kier molecular flexibility index (Phi) is 6.88. The molecule has 6 nitrogen and oxygen atoms in total. The van der Waals surface area contributed by atoms with Gasteiger partial charge in [0.1, 0.15) is 0 Å². The number of carbonyl (C=O) groups excluding carboxylic acids is 2. The number of hydrogen-bond donors (Lipinski definition) is 1. The van der Waals surface area contributed by atoms with Gasteiger partial charge in [-0.2, -0.15) is 23.0 Å². The number of nitrogens with one attached hydrogen (secondary N) is 1. The number of ether oxygens (including phenoxy) is 1. The molecule has 0 fully saturated rings. The fourth-order valence-corrected chi connectivity index (χ4v) is 3.41. The number of ketones is 1. The van der Waals surface area contributed by atoms with Crippen LogP contribution >= 0.6 is 11.6 Å². The number of rotatable bonds is 7. The van der Waals surface area contributed by atoms with Crippen molar-refractivity contribution in [3.8, 4) is 11.6 Å². The van der Waals surface area contributed by atoms with Crippen LogP contribution in [0.2, 0.25) is 5.02 Å². The molecule has 0 saturated carbocycles. The Morgan fingerprint density at radius 3 is 2.20 bits per heavy atom. The van der Waals surface area contributed by atoms with Crippen LogP contribution in [0.5, 0.6) is 5.88 Å². The van der Waals surface area contributed by atoms with Gasteiger partial charge in [-0.25, -0.2) is 0 Å². The molecule has 0 aliphatic carbocycles. The van der Waals surface area contributed by atoms with Gasteiger partial charge >= 0.3 is 6.18 Å². The van der Waals surface area contributed by atoms with Gasteiger partial charge in [0.05, 0.1) is 10.7 Å². The maximum Gasteiger partial charge on any atom is 0.435 e. The van der Waals surface area contributed by atoms with Crippen molar-refractivity contribution >= 4 is 29.0 Å². The highest BCUT2D eigenvalue weighted by molar-refractivity contribution is 6.32. The lowest BCUT2D eigenvalue weighted by atomic mass is 10.0. The van der Waals surface area contributed by atoms with Gasteiger partial charge in [-0.1, -0.05) is 54.1 Å². The third kappa shape index (κ3) is 5.70. The van der Waals surface area contributed by atoms with E-state index in [2.05, 4.69) is 10.4 Å². The molecule has 0 spiro atoms. The minimum absolute atomic E-state index is 0.156. The number of alkyl halides is 3. The second-order valence-corrected chi connectivity index (χ2v) is 7.75. The van der Waals surface area contributed by atoms with E-state index in [1.807, 2.05) is 6.07 Å². The smallest absolute Gasteiger partial charge is 0.435 e. The maximum absolute atomic E-state index is 13.2. The predicted molar refractivity (Wildman–Crippen MR) is 124 cm³/mol. The molecule has 0 atom stereocenters. The van der Waals surface area contributed by atoms with Gasteiger partial charge in [0, 0.05) is 22.9 Å². The van der Waals surface area contributed by atoms with Gasteiger partial charge in [0.25, 0.3) is 5.91 Å². The van der Waals surface area contributed by atoms with Gasteiger partial charge < -0.3 is 10.1 Å². The molecule has 4 aromatic rings. The second kappa shape index (κ2) is 10.0. The molecule has 3 aromatic carbocycles. The average molecular weight is 500 g/mol. The van der Waals surface area contributed by atoms with Crippen molar-refractivity contribution in [3.63, 3.8) is 0 Å². The summed E-state index contributed by atoms with van der Waals surface area (Å²) in [6.45, 7) is -0.585. The fourth-order valence-electron chi connectivity index (χ4n) is 3.20. The number of benzene rings is 3. The molecule has 0 aliphatic rings. The summed E-state index contributed by atoms with van der Waals surface area (Å²) in [5.74, 6) is -1.09. The summed E-state index contributed by atoms with van der Waals surface area (Å²) < 4.78 is 45.9. The van der Waals surface area contributed by atoms with Crippen LogP contribution in [0.4, 0.5) is 18.9 Å². The highest BCUT2D eigenvalue weighted by Gasteiger charge is 2.36. The minimum atomic E-state index is -4.72. The van der Waals surface area contributed by atoms with Crippen molar-refractivity contribution in [1.29, 1.82) is 0 Å². The minimum Gasteiger partial charge on any atom is -0.467 e. The first kappa shape index (κ1) is 24.0. The average Bonchev–Trinajstić information content (AvgIpc) is 3.28. The lowest BCUT2D eigenvalue weighted by molar-refractivity contribution is -0.141. The molecule has 1 amide bonds. The number of amides is 1. The molecule has 178 valence electrons. The molecule has 0 radical (unpaired) electrons. The Bertz CT molecular complexity index is 1350. The number of carbonyl (C=O) groups is 2.